The SMILES string of the molecule is CN=C(NCCN(C(=O)OC(C)(C)C)C1CC1)Nc1ccc(OC)c(OC)c1.I. The quantitative estimate of drug-likeness (QED) is 0.324. The van der Waals surface area contributed by atoms with Crippen LogP contribution in [0.25, 0.3) is 0 Å². The molecule has 1 aromatic rings. The molecule has 1 aliphatic rings. The second-order valence-electron chi connectivity index (χ2n) is 7.60. The molecule has 1 saturated carbocycles. The fraction of sp³-hybridized carbons (Fsp3) is 0.600. The molecule has 2 rings (SSSR count). The molecule has 0 bridgehead atoms. The second-order valence-corrected chi connectivity index (χ2v) is 7.60. The van der Waals surface area contributed by atoms with Gasteiger partial charge in [-0.2, -0.15) is 0 Å². The van der Waals surface area contributed by atoms with E-state index in [9.17, 15) is 4.79 Å². The first-order valence-electron chi connectivity index (χ1n) is 9.46. The summed E-state index contributed by atoms with van der Waals surface area (Å²) in [6, 6.07) is 5.82. The van der Waals surface area contributed by atoms with Gasteiger partial charge in [0.1, 0.15) is 5.60 Å². The minimum Gasteiger partial charge on any atom is -0.493 e. The van der Waals surface area contributed by atoms with Crippen molar-refractivity contribution in [3.05, 3.63) is 18.2 Å². The number of rotatable bonds is 7. The van der Waals surface area contributed by atoms with Gasteiger partial charge in [-0.05, 0) is 45.7 Å². The van der Waals surface area contributed by atoms with E-state index in [2.05, 4.69) is 15.6 Å². The van der Waals surface area contributed by atoms with Crippen molar-refractivity contribution in [2.75, 3.05) is 39.7 Å². The fourth-order valence-corrected chi connectivity index (χ4v) is 2.65. The number of nitrogens with one attached hydrogen (secondary N) is 2. The zero-order valence-electron chi connectivity index (χ0n) is 18.1. The van der Waals surface area contributed by atoms with Crippen LogP contribution in [0.3, 0.4) is 0 Å². The van der Waals surface area contributed by atoms with E-state index in [0.717, 1.165) is 18.5 Å². The Labute approximate surface area is 190 Å². The van der Waals surface area contributed by atoms with E-state index in [0.29, 0.717) is 30.5 Å². The molecular formula is C20H33IN4O4. The normalized spacial score (nSPS) is 13.8. The molecule has 0 aromatic heterocycles. The molecule has 0 aliphatic heterocycles. The Morgan fingerprint density at radius 2 is 1.86 bits per heavy atom. The molecule has 164 valence electrons. The Hall–Kier alpha value is -1.91. The first kappa shape index (κ1) is 25.1. The number of ether oxygens (including phenoxy) is 3. The topological polar surface area (TPSA) is 84.4 Å². The summed E-state index contributed by atoms with van der Waals surface area (Å²) in [7, 11) is 4.89. The Kier molecular flexibility index (Phi) is 9.81. The van der Waals surface area contributed by atoms with Crippen molar-refractivity contribution in [2.24, 2.45) is 4.99 Å². The number of benzene rings is 1. The van der Waals surface area contributed by atoms with Gasteiger partial charge in [0.2, 0.25) is 0 Å². The lowest BCUT2D eigenvalue weighted by Crippen LogP contribution is -2.43. The maximum atomic E-state index is 12.4. The number of halogens is 1. The largest absolute Gasteiger partial charge is 0.493 e. The Morgan fingerprint density at radius 3 is 2.38 bits per heavy atom. The van der Waals surface area contributed by atoms with E-state index in [1.807, 2.05) is 39.0 Å². The summed E-state index contributed by atoms with van der Waals surface area (Å²) >= 11 is 0. The number of methoxy groups -OCH3 is 2. The van der Waals surface area contributed by atoms with Gasteiger partial charge >= 0.3 is 6.09 Å². The summed E-state index contributed by atoms with van der Waals surface area (Å²) in [4.78, 5) is 18.4. The lowest BCUT2D eigenvalue weighted by molar-refractivity contribution is 0.0238. The average molecular weight is 520 g/mol. The van der Waals surface area contributed by atoms with Crippen LogP contribution in [0.5, 0.6) is 11.5 Å². The summed E-state index contributed by atoms with van der Waals surface area (Å²) in [6.07, 6.45) is 1.79. The highest BCUT2D eigenvalue weighted by Gasteiger charge is 2.34. The monoisotopic (exact) mass is 520 g/mol. The molecule has 0 radical (unpaired) electrons. The van der Waals surface area contributed by atoms with Gasteiger partial charge in [-0.15, -0.1) is 24.0 Å². The molecule has 0 saturated heterocycles. The first-order valence-corrected chi connectivity index (χ1v) is 9.46. The van der Waals surface area contributed by atoms with Crippen LogP contribution >= 0.6 is 24.0 Å². The standard InChI is InChI=1S/C20H32N4O4.HI/c1-20(2,3)28-19(25)24(15-8-9-15)12-11-22-18(21-4)23-14-7-10-16(26-5)17(13-14)27-6;/h7,10,13,15H,8-9,11-12H2,1-6H3,(H2,21,22,23);1H. The first-order chi connectivity index (χ1) is 13.3. The predicted molar refractivity (Wildman–Crippen MR) is 126 cm³/mol. The van der Waals surface area contributed by atoms with E-state index < -0.39 is 5.60 Å². The van der Waals surface area contributed by atoms with Gasteiger partial charge in [-0.25, -0.2) is 4.79 Å². The van der Waals surface area contributed by atoms with E-state index in [-0.39, 0.29) is 36.1 Å². The third-order valence-electron chi connectivity index (χ3n) is 4.13. The highest BCUT2D eigenvalue weighted by atomic mass is 127. The summed E-state index contributed by atoms with van der Waals surface area (Å²) < 4.78 is 16.1. The maximum absolute atomic E-state index is 12.4. The maximum Gasteiger partial charge on any atom is 0.410 e. The van der Waals surface area contributed by atoms with Crippen molar-refractivity contribution in [1.82, 2.24) is 10.2 Å². The van der Waals surface area contributed by atoms with Crippen LogP contribution in [0.2, 0.25) is 0 Å². The highest BCUT2D eigenvalue weighted by molar-refractivity contribution is 14.0. The minimum absolute atomic E-state index is 0. The fourth-order valence-electron chi connectivity index (χ4n) is 2.65. The lowest BCUT2D eigenvalue weighted by Gasteiger charge is -2.27. The number of amides is 1. The molecular weight excluding hydrogens is 487 g/mol. The van der Waals surface area contributed by atoms with Gasteiger partial charge in [0, 0.05) is 37.9 Å². The van der Waals surface area contributed by atoms with Crippen molar-refractivity contribution < 1.29 is 19.0 Å². The van der Waals surface area contributed by atoms with E-state index in [1.165, 1.54) is 0 Å². The number of carbonyl (C=O) groups excluding carboxylic acids is 1. The van der Waals surface area contributed by atoms with Crippen LogP contribution in [0, 0.1) is 0 Å². The highest BCUT2D eigenvalue weighted by Crippen LogP contribution is 2.30. The number of hydrogen-bond acceptors (Lipinski definition) is 5. The van der Waals surface area contributed by atoms with Crippen LogP contribution in [-0.2, 0) is 4.74 Å². The van der Waals surface area contributed by atoms with Crippen LogP contribution in [0.15, 0.2) is 23.2 Å². The third kappa shape index (κ3) is 8.15. The van der Waals surface area contributed by atoms with E-state index >= 15 is 0 Å². The van der Waals surface area contributed by atoms with Crippen LogP contribution in [0.1, 0.15) is 33.6 Å². The third-order valence-corrected chi connectivity index (χ3v) is 4.13. The second kappa shape index (κ2) is 11.3. The summed E-state index contributed by atoms with van der Waals surface area (Å²) in [5.74, 6) is 1.90. The summed E-state index contributed by atoms with van der Waals surface area (Å²) in [6.45, 7) is 6.74. The van der Waals surface area contributed by atoms with Crippen molar-refractivity contribution >= 4 is 41.7 Å². The number of nitrogens with zero attached hydrogens (tertiary/aromatic N) is 2. The molecule has 1 fully saturated rings. The van der Waals surface area contributed by atoms with E-state index in [4.69, 9.17) is 14.2 Å². The van der Waals surface area contributed by atoms with Gasteiger partial charge in [-0.1, -0.05) is 0 Å². The van der Waals surface area contributed by atoms with Gasteiger partial charge < -0.3 is 29.7 Å². The number of hydrogen-bond donors (Lipinski definition) is 2. The zero-order valence-corrected chi connectivity index (χ0v) is 20.4. The molecule has 9 heteroatoms. The smallest absolute Gasteiger partial charge is 0.410 e. The summed E-state index contributed by atoms with van der Waals surface area (Å²) in [5.41, 5.74) is 0.319. The van der Waals surface area contributed by atoms with Gasteiger partial charge in [-0.3, -0.25) is 4.99 Å². The van der Waals surface area contributed by atoms with Gasteiger partial charge in [0.15, 0.2) is 17.5 Å². The van der Waals surface area contributed by atoms with Crippen molar-refractivity contribution in [2.45, 2.75) is 45.3 Å². The van der Waals surface area contributed by atoms with Crippen LogP contribution < -0.4 is 20.1 Å². The Bertz CT molecular complexity index is 702. The molecule has 29 heavy (non-hydrogen) atoms. The molecule has 1 amide bonds. The molecule has 0 spiro atoms. The van der Waals surface area contributed by atoms with Crippen molar-refractivity contribution in [3.63, 3.8) is 0 Å². The zero-order chi connectivity index (χ0) is 20.7. The molecule has 0 atom stereocenters. The molecule has 0 unspecified atom stereocenters. The molecule has 2 N–H and O–H groups in total. The summed E-state index contributed by atoms with van der Waals surface area (Å²) in [5, 5.41) is 6.44. The lowest BCUT2D eigenvalue weighted by atomic mass is 10.2. The minimum atomic E-state index is -0.497. The van der Waals surface area contributed by atoms with E-state index in [1.54, 1.807) is 26.2 Å². The molecule has 1 aliphatic carbocycles. The Morgan fingerprint density at radius 1 is 1.21 bits per heavy atom. The number of carbonyl (C=O) groups is 1. The average Bonchev–Trinajstić information content (AvgIpc) is 3.47. The number of anilines is 1. The molecule has 0 heterocycles. The van der Waals surface area contributed by atoms with Crippen molar-refractivity contribution in [1.29, 1.82) is 0 Å². The van der Waals surface area contributed by atoms with Crippen molar-refractivity contribution in [3.8, 4) is 11.5 Å². The van der Waals surface area contributed by atoms with Crippen LogP contribution in [0.4, 0.5) is 10.5 Å². The number of guanidine groups is 1. The molecule has 1 aromatic carbocycles. The number of aliphatic imine (C=N–C) groups is 1. The predicted octanol–water partition coefficient (Wildman–Crippen LogP) is 3.71. The molecule has 8 nitrogen and oxygen atoms in total. The van der Waals surface area contributed by atoms with Crippen LogP contribution in [-0.4, -0.2) is 63.0 Å². The van der Waals surface area contributed by atoms with Gasteiger partial charge in [0.25, 0.3) is 0 Å². The Balaban J connectivity index is 0.00000420. The van der Waals surface area contributed by atoms with Gasteiger partial charge in [0.05, 0.1) is 14.2 Å².